The molecule has 0 atom stereocenters. The van der Waals surface area contributed by atoms with Crippen molar-refractivity contribution in [3.8, 4) is 17.2 Å². The standard InChI is InChI=1S/C31H34N6O7/c1-3-42-14-15-43-26-18-25-21(9-13-37(25)30(39)32-2)16-27(26)44-23-6-10-33-28(17-23)35-29(38)22-4-5-24(34-19-22)20-7-11-36(12-8-20)31(40)41/h4-6,9-10,13,16-20H,3,7-8,11-12,14-15H2,1-2H3,(H,32,39)(H,40,41)(H,33,35,38). The number of likely N-dealkylation sites (tertiary alicyclic amines) is 1. The van der Waals surface area contributed by atoms with Gasteiger partial charge in [0.2, 0.25) is 0 Å². The summed E-state index contributed by atoms with van der Waals surface area (Å²) in [5.74, 6) is 1.29. The van der Waals surface area contributed by atoms with E-state index in [2.05, 4.69) is 20.6 Å². The monoisotopic (exact) mass is 602 g/mol. The van der Waals surface area contributed by atoms with Crippen molar-refractivity contribution in [1.29, 1.82) is 0 Å². The van der Waals surface area contributed by atoms with Crippen molar-refractivity contribution in [2.24, 2.45) is 0 Å². The van der Waals surface area contributed by atoms with Crippen LogP contribution in [0.3, 0.4) is 0 Å². The first-order valence-corrected chi connectivity index (χ1v) is 14.3. The maximum Gasteiger partial charge on any atom is 0.407 e. The maximum absolute atomic E-state index is 13.0. The lowest BCUT2D eigenvalue weighted by Crippen LogP contribution is -2.36. The van der Waals surface area contributed by atoms with Crippen LogP contribution in [0.1, 0.15) is 41.7 Å². The van der Waals surface area contributed by atoms with Gasteiger partial charge in [0.15, 0.2) is 11.5 Å². The van der Waals surface area contributed by atoms with E-state index in [-0.39, 0.29) is 30.3 Å². The molecular weight excluding hydrogens is 568 g/mol. The molecule has 0 spiro atoms. The molecule has 1 fully saturated rings. The molecule has 0 bridgehead atoms. The summed E-state index contributed by atoms with van der Waals surface area (Å²) in [7, 11) is 1.56. The van der Waals surface area contributed by atoms with E-state index in [1.165, 1.54) is 21.9 Å². The average Bonchev–Trinajstić information content (AvgIpc) is 3.45. The van der Waals surface area contributed by atoms with Gasteiger partial charge in [-0.3, -0.25) is 14.3 Å². The molecule has 0 aliphatic carbocycles. The summed E-state index contributed by atoms with van der Waals surface area (Å²) in [5.41, 5.74) is 1.85. The summed E-state index contributed by atoms with van der Waals surface area (Å²) in [6.45, 7) is 4.05. The molecule has 1 aliphatic heterocycles. The second kappa shape index (κ2) is 13.9. The Labute approximate surface area is 253 Å². The Balaban J connectivity index is 1.28. The SMILES string of the molecule is CCOCCOc1cc2c(ccn2C(=O)NC)cc1Oc1ccnc(NC(=O)c2ccc(C3CCN(C(=O)O)CC3)nc2)c1. The number of benzene rings is 1. The lowest BCUT2D eigenvalue weighted by atomic mass is 9.93. The van der Waals surface area contributed by atoms with E-state index in [0.717, 1.165) is 11.1 Å². The summed E-state index contributed by atoms with van der Waals surface area (Å²) in [6.07, 6.45) is 5.17. The molecule has 3 amide bonds. The van der Waals surface area contributed by atoms with Crippen LogP contribution >= 0.6 is 0 Å². The number of carbonyl (C=O) groups is 3. The topological polar surface area (TPSA) is 157 Å². The predicted molar refractivity (Wildman–Crippen MR) is 162 cm³/mol. The van der Waals surface area contributed by atoms with Gasteiger partial charge < -0.3 is 34.9 Å². The highest BCUT2D eigenvalue weighted by molar-refractivity contribution is 6.03. The number of hydrogen-bond acceptors (Lipinski definition) is 8. The molecular formula is C31H34N6O7. The van der Waals surface area contributed by atoms with Gasteiger partial charge in [-0.25, -0.2) is 14.6 Å². The van der Waals surface area contributed by atoms with Gasteiger partial charge in [-0.2, -0.15) is 0 Å². The summed E-state index contributed by atoms with van der Waals surface area (Å²) in [6, 6.07) is 11.8. The van der Waals surface area contributed by atoms with Crippen molar-refractivity contribution >= 4 is 34.8 Å². The number of carboxylic acid groups (broad SMARTS) is 1. The normalized spacial score (nSPS) is 13.5. The molecule has 3 aromatic heterocycles. The molecule has 1 saturated heterocycles. The van der Waals surface area contributed by atoms with Gasteiger partial charge in [-0.1, -0.05) is 0 Å². The van der Waals surface area contributed by atoms with Crippen molar-refractivity contribution in [3.63, 3.8) is 0 Å². The molecule has 230 valence electrons. The molecule has 0 saturated carbocycles. The summed E-state index contributed by atoms with van der Waals surface area (Å²) in [5, 5.41) is 15.3. The fourth-order valence-electron chi connectivity index (χ4n) is 4.99. The van der Waals surface area contributed by atoms with Crippen LogP contribution in [-0.4, -0.2) is 82.5 Å². The first-order valence-electron chi connectivity index (χ1n) is 14.3. The number of anilines is 1. The maximum atomic E-state index is 13.0. The van der Waals surface area contributed by atoms with Crippen LogP contribution in [0.25, 0.3) is 10.9 Å². The highest BCUT2D eigenvalue weighted by atomic mass is 16.5. The van der Waals surface area contributed by atoms with Crippen molar-refractivity contribution in [2.45, 2.75) is 25.7 Å². The van der Waals surface area contributed by atoms with E-state index >= 15 is 0 Å². The molecule has 13 heteroatoms. The molecule has 3 N–H and O–H groups in total. The fraction of sp³-hybridized carbons (Fsp3) is 0.323. The van der Waals surface area contributed by atoms with Crippen LogP contribution in [0.2, 0.25) is 0 Å². The number of fused-ring (bicyclic) bond motifs is 1. The summed E-state index contributed by atoms with van der Waals surface area (Å²) >= 11 is 0. The molecule has 4 aromatic rings. The number of piperidine rings is 1. The third-order valence-corrected chi connectivity index (χ3v) is 7.31. The van der Waals surface area contributed by atoms with Crippen LogP contribution in [0.4, 0.5) is 15.4 Å². The van der Waals surface area contributed by atoms with Crippen molar-refractivity contribution in [1.82, 2.24) is 24.8 Å². The average molecular weight is 603 g/mol. The fourth-order valence-corrected chi connectivity index (χ4v) is 4.99. The van der Waals surface area contributed by atoms with E-state index in [4.69, 9.17) is 19.3 Å². The Bertz CT molecular complexity index is 1630. The van der Waals surface area contributed by atoms with Crippen molar-refractivity contribution in [3.05, 3.63) is 72.3 Å². The largest absolute Gasteiger partial charge is 0.487 e. The highest BCUT2D eigenvalue weighted by Crippen LogP contribution is 2.37. The van der Waals surface area contributed by atoms with Gasteiger partial charge in [0.1, 0.15) is 18.2 Å². The molecule has 0 radical (unpaired) electrons. The Morgan fingerprint density at radius 2 is 1.84 bits per heavy atom. The molecule has 1 aromatic carbocycles. The van der Waals surface area contributed by atoms with Crippen LogP contribution < -0.4 is 20.1 Å². The van der Waals surface area contributed by atoms with E-state index < -0.39 is 6.09 Å². The highest BCUT2D eigenvalue weighted by Gasteiger charge is 2.24. The summed E-state index contributed by atoms with van der Waals surface area (Å²) < 4.78 is 19.0. The zero-order chi connectivity index (χ0) is 31.1. The van der Waals surface area contributed by atoms with Gasteiger partial charge in [-0.15, -0.1) is 0 Å². The number of nitrogens with one attached hydrogen (secondary N) is 2. The molecule has 5 rings (SSSR count). The number of hydrogen-bond donors (Lipinski definition) is 3. The zero-order valence-corrected chi connectivity index (χ0v) is 24.5. The second-order valence-electron chi connectivity index (χ2n) is 10.1. The van der Waals surface area contributed by atoms with Gasteiger partial charge in [0, 0.05) is 74.5 Å². The second-order valence-corrected chi connectivity index (χ2v) is 10.1. The van der Waals surface area contributed by atoms with Crippen molar-refractivity contribution < 1.29 is 33.7 Å². The van der Waals surface area contributed by atoms with Crippen LogP contribution in [0.15, 0.2) is 61.1 Å². The third kappa shape index (κ3) is 7.06. The first-order chi connectivity index (χ1) is 21.4. The summed E-state index contributed by atoms with van der Waals surface area (Å²) in [4.78, 5) is 46.6. The minimum absolute atomic E-state index is 0.146. The van der Waals surface area contributed by atoms with Gasteiger partial charge in [-0.05, 0) is 50.1 Å². The molecule has 1 aliphatic rings. The van der Waals surface area contributed by atoms with Gasteiger partial charge in [0.05, 0.1) is 17.7 Å². The zero-order valence-electron chi connectivity index (χ0n) is 24.5. The minimum atomic E-state index is -0.906. The van der Waals surface area contributed by atoms with E-state index in [1.807, 2.05) is 13.0 Å². The Morgan fingerprint density at radius 1 is 1.02 bits per heavy atom. The Kier molecular flexibility index (Phi) is 9.55. The van der Waals surface area contributed by atoms with E-state index in [9.17, 15) is 14.4 Å². The molecule has 44 heavy (non-hydrogen) atoms. The van der Waals surface area contributed by atoms with Crippen LogP contribution in [0.5, 0.6) is 17.2 Å². The van der Waals surface area contributed by atoms with Gasteiger partial charge in [0.25, 0.3) is 5.91 Å². The Hall–Kier alpha value is -5.17. The van der Waals surface area contributed by atoms with Crippen LogP contribution in [-0.2, 0) is 4.74 Å². The van der Waals surface area contributed by atoms with Crippen LogP contribution in [0, 0.1) is 0 Å². The van der Waals surface area contributed by atoms with E-state index in [1.54, 1.807) is 49.6 Å². The lowest BCUT2D eigenvalue weighted by molar-refractivity contribution is 0.102. The smallest absolute Gasteiger partial charge is 0.407 e. The molecule has 4 heterocycles. The van der Waals surface area contributed by atoms with Crippen molar-refractivity contribution in [2.75, 3.05) is 45.3 Å². The number of aromatic nitrogens is 3. The molecule has 13 nitrogen and oxygen atoms in total. The van der Waals surface area contributed by atoms with E-state index in [0.29, 0.717) is 67.5 Å². The number of pyridine rings is 2. The number of carbonyl (C=O) groups excluding carboxylic acids is 2. The van der Waals surface area contributed by atoms with Gasteiger partial charge >= 0.3 is 12.1 Å². The number of ether oxygens (including phenoxy) is 3. The third-order valence-electron chi connectivity index (χ3n) is 7.31. The lowest BCUT2D eigenvalue weighted by Gasteiger charge is -2.29. The number of amides is 3. The first kappa shape index (κ1) is 30.3. The number of nitrogens with zero attached hydrogens (tertiary/aromatic N) is 4. The molecule has 0 unspecified atom stereocenters. The Morgan fingerprint density at radius 3 is 2.55 bits per heavy atom. The predicted octanol–water partition coefficient (Wildman–Crippen LogP) is 4.94. The minimum Gasteiger partial charge on any atom is -0.487 e. The number of rotatable bonds is 10. The quantitative estimate of drug-likeness (QED) is 0.214.